The third kappa shape index (κ3) is 15.8. The molecule has 2 atom stereocenters. The maximum atomic E-state index is 9.71. The number of hydrogen-bond donors (Lipinski definition) is 2. The molecule has 0 heterocycles. The van der Waals surface area contributed by atoms with E-state index in [4.69, 9.17) is 11.5 Å². The van der Waals surface area contributed by atoms with Gasteiger partial charge in [0.1, 0.15) is 0 Å². The summed E-state index contributed by atoms with van der Waals surface area (Å²) in [5.74, 6) is -6.16. The van der Waals surface area contributed by atoms with Crippen molar-refractivity contribution in [3.8, 4) is 0 Å². The number of carboxylic acid groups (broad SMARTS) is 4. The molecule has 0 aromatic rings. The van der Waals surface area contributed by atoms with Crippen molar-refractivity contribution in [2.75, 3.05) is 0 Å². The summed E-state index contributed by atoms with van der Waals surface area (Å²) in [5, 5.41) is 38.7. The number of aliphatic carboxylic acids is 4. The zero-order chi connectivity index (χ0) is 14.9. The molecule has 0 radical (unpaired) electrons. The zero-order valence-electron chi connectivity index (χ0n) is 9.49. The molecule has 0 aromatic carbocycles. The molecule has 10 nitrogen and oxygen atoms in total. The average molecular weight is 274 g/mol. The first-order valence-electron chi connectivity index (χ1n) is 4.40. The quantitative estimate of drug-likeness (QED) is 0.466. The summed E-state index contributed by atoms with van der Waals surface area (Å²) in [6.45, 7) is 0. The largest absolute Gasteiger partial charge is 4.00 e. The van der Waals surface area contributed by atoms with Gasteiger partial charge in [-0.1, -0.05) is 0 Å². The van der Waals surface area contributed by atoms with Crippen molar-refractivity contribution in [2.45, 2.75) is 24.9 Å². The number of carbonyl (C=O) groups is 4. The van der Waals surface area contributed by atoms with Gasteiger partial charge in [0.2, 0.25) is 0 Å². The number of rotatable bonds is 6. The molecule has 0 fully saturated rings. The fourth-order valence-electron chi connectivity index (χ4n) is 0.526. The van der Waals surface area contributed by atoms with E-state index in [1.165, 1.54) is 0 Å². The average Bonchev–Trinajstić information content (AvgIpc) is 2.16. The first-order chi connectivity index (χ1) is 8.07. The molecule has 0 aliphatic rings. The fourth-order valence-corrected chi connectivity index (χ4v) is 0.526. The third-order valence-electron chi connectivity index (χ3n) is 1.38. The predicted molar refractivity (Wildman–Crippen MR) is 48.5 cm³/mol. The molecule has 2 unspecified atom stereocenters. The monoisotopic (exact) mass is 274 g/mol. The molecule has 0 saturated heterocycles. The summed E-state index contributed by atoms with van der Waals surface area (Å²) in [7, 11) is 0. The minimum Gasteiger partial charge on any atom is -0.550 e. The molecule has 4 N–H and O–H groups in total. The van der Waals surface area contributed by atoms with Gasteiger partial charge in [-0.25, -0.2) is 0 Å². The van der Waals surface area contributed by atoms with Gasteiger partial charge in [-0.05, 0) is 0 Å². The minimum atomic E-state index is -1.58. The molecule has 0 rings (SSSR count). The first kappa shape index (κ1) is 22.0. The van der Waals surface area contributed by atoms with Crippen molar-refractivity contribution in [2.24, 2.45) is 11.5 Å². The van der Waals surface area contributed by atoms with E-state index in [2.05, 4.69) is 0 Å². The van der Waals surface area contributed by atoms with E-state index < -0.39 is 48.8 Å². The SMILES string of the molecule is NC(CC(=O)[O-])C(=O)[O-].NC(CC(=O)[O-])C(=O)[O-].[C+4]. The summed E-state index contributed by atoms with van der Waals surface area (Å²) < 4.78 is 0. The maximum Gasteiger partial charge on any atom is 4.00 e. The van der Waals surface area contributed by atoms with Crippen molar-refractivity contribution < 1.29 is 39.6 Å². The molecule has 0 bridgehead atoms. The van der Waals surface area contributed by atoms with Gasteiger partial charge >= 0.3 is 7.43 Å². The van der Waals surface area contributed by atoms with Crippen LogP contribution in [-0.4, -0.2) is 36.0 Å². The van der Waals surface area contributed by atoms with E-state index in [9.17, 15) is 39.6 Å². The molecule has 0 saturated carbocycles. The van der Waals surface area contributed by atoms with Crippen LogP contribution >= 0.6 is 0 Å². The van der Waals surface area contributed by atoms with E-state index in [-0.39, 0.29) is 7.43 Å². The van der Waals surface area contributed by atoms with Crippen molar-refractivity contribution >= 4 is 23.9 Å². The Morgan fingerprint density at radius 3 is 1.00 bits per heavy atom. The normalized spacial score (nSPS) is 11.9. The Bertz CT molecular complexity index is 298. The van der Waals surface area contributed by atoms with Gasteiger partial charge < -0.3 is 51.1 Å². The van der Waals surface area contributed by atoms with Gasteiger partial charge in [0.05, 0.1) is 11.9 Å². The van der Waals surface area contributed by atoms with Crippen LogP contribution in [0.3, 0.4) is 0 Å². The van der Waals surface area contributed by atoms with Crippen LogP contribution in [0.5, 0.6) is 0 Å². The Morgan fingerprint density at radius 1 is 0.737 bits per heavy atom. The van der Waals surface area contributed by atoms with Crippen LogP contribution in [0.1, 0.15) is 12.8 Å². The standard InChI is InChI=1S/2C4H7NO4.C/c2*5-2(4(8)9)1-3(6)7;/h2*2H,1,5H2,(H,6,7)(H,8,9);/q;;+4/p-4. The summed E-state index contributed by atoms with van der Waals surface area (Å²) >= 11 is 0. The van der Waals surface area contributed by atoms with Gasteiger partial charge in [-0.3, -0.25) is 0 Å². The molecule has 0 spiro atoms. The topological polar surface area (TPSA) is 213 Å². The van der Waals surface area contributed by atoms with Crippen LogP contribution in [0.25, 0.3) is 0 Å². The van der Waals surface area contributed by atoms with Gasteiger partial charge in [0.25, 0.3) is 0 Å². The van der Waals surface area contributed by atoms with Crippen molar-refractivity contribution in [3.05, 3.63) is 7.43 Å². The molecule has 19 heavy (non-hydrogen) atoms. The van der Waals surface area contributed by atoms with E-state index in [1.54, 1.807) is 0 Å². The Balaban J connectivity index is -0.000000256. The fraction of sp³-hybridized carbons (Fsp3) is 0.444. The number of hydrogen-bond acceptors (Lipinski definition) is 10. The van der Waals surface area contributed by atoms with E-state index in [0.29, 0.717) is 0 Å². The Labute approximate surface area is 108 Å². The van der Waals surface area contributed by atoms with Crippen molar-refractivity contribution in [3.63, 3.8) is 0 Å². The first-order valence-corrected chi connectivity index (χ1v) is 4.40. The van der Waals surface area contributed by atoms with Crippen molar-refractivity contribution in [1.82, 2.24) is 0 Å². The summed E-state index contributed by atoms with van der Waals surface area (Å²) in [6, 6.07) is -2.93. The predicted octanol–water partition coefficient (Wildman–Crippen LogP) is -7.51. The Kier molecular flexibility index (Phi) is 12.7. The minimum absolute atomic E-state index is 0. The van der Waals surface area contributed by atoms with Crippen molar-refractivity contribution in [1.29, 1.82) is 0 Å². The summed E-state index contributed by atoms with van der Waals surface area (Å²) in [6.07, 6.45) is -1.41. The van der Waals surface area contributed by atoms with Gasteiger partial charge in [0, 0.05) is 36.9 Å². The Hall–Kier alpha value is -2.20. The second kappa shape index (κ2) is 10.9. The second-order valence-corrected chi connectivity index (χ2v) is 3.00. The molecular formula is C9H10N2O8. The molecule has 0 aliphatic heterocycles. The molecule has 0 aromatic heterocycles. The van der Waals surface area contributed by atoms with Crippen LogP contribution in [0, 0.1) is 7.43 Å². The third-order valence-corrected chi connectivity index (χ3v) is 1.38. The number of carboxylic acids is 4. The van der Waals surface area contributed by atoms with E-state index in [1.807, 2.05) is 0 Å². The number of carbonyl (C=O) groups excluding carboxylic acids is 4. The smallest absolute Gasteiger partial charge is 0.550 e. The molecule has 10 heteroatoms. The Morgan fingerprint density at radius 2 is 0.947 bits per heavy atom. The van der Waals surface area contributed by atoms with E-state index >= 15 is 0 Å². The second-order valence-electron chi connectivity index (χ2n) is 3.00. The van der Waals surface area contributed by atoms with E-state index in [0.717, 1.165) is 0 Å². The van der Waals surface area contributed by atoms with Crippen LogP contribution in [0.2, 0.25) is 0 Å². The number of nitrogens with two attached hydrogens (primary N) is 2. The van der Waals surface area contributed by atoms with Crippen LogP contribution in [-0.2, 0) is 19.2 Å². The van der Waals surface area contributed by atoms with Gasteiger partial charge in [-0.15, -0.1) is 0 Å². The molecule has 0 amide bonds. The van der Waals surface area contributed by atoms with Crippen LogP contribution < -0.4 is 31.9 Å². The van der Waals surface area contributed by atoms with Gasteiger partial charge in [0.15, 0.2) is 0 Å². The molecule has 104 valence electrons. The van der Waals surface area contributed by atoms with Gasteiger partial charge in [-0.2, -0.15) is 0 Å². The van der Waals surface area contributed by atoms with Crippen LogP contribution in [0.15, 0.2) is 0 Å². The summed E-state index contributed by atoms with van der Waals surface area (Å²) in [4.78, 5) is 38.7. The van der Waals surface area contributed by atoms with Crippen LogP contribution in [0.4, 0.5) is 0 Å². The molecule has 0 aliphatic carbocycles. The molecular weight excluding hydrogens is 264 g/mol. The maximum absolute atomic E-state index is 9.71. The summed E-state index contributed by atoms with van der Waals surface area (Å²) in [5.41, 5.74) is 9.47. The zero-order valence-corrected chi connectivity index (χ0v) is 9.49.